The van der Waals surface area contributed by atoms with Gasteiger partial charge in [0, 0.05) is 0 Å². The number of pyridine rings is 1. The van der Waals surface area contributed by atoms with E-state index in [1.807, 2.05) is 30.3 Å². The Kier molecular flexibility index (Phi) is 5.09. The number of nitrogens with zero attached hydrogens (tertiary/aromatic N) is 1. The Morgan fingerprint density at radius 2 is 1.96 bits per heavy atom. The van der Waals surface area contributed by atoms with Crippen molar-refractivity contribution in [1.82, 2.24) is 4.98 Å². The van der Waals surface area contributed by atoms with Crippen LogP contribution in [0.15, 0.2) is 71.5 Å². The Morgan fingerprint density at radius 1 is 1.08 bits per heavy atom. The number of ether oxygens (including phenoxy) is 1. The lowest BCUT2D eigenvalue weighted by Gasteiger charge is -2.08. The Hall–Kier alpha value is -3.28. The number of hydrogen-bond donors (Lipinski definition) is 2. The fourth-order valence-corrected chi connectivity index (χ4v) is 2.03. The molecule has 0 aliphatic heterocycles. The summed E-state index contributed by atoms with van der Waals surface area (Å²) in [6.07, 6.45) is 3.21. The number of benzene rings is 1. The monoisotopic (exact) mass is 323 g/mol. The number of furan rings is 1. The van der Waals surface area contributed by atoms with Crippen LogP contribution in [-0.2, 0) is 11.3 Å². The van der Waals surface area contributed by atoms with Crippen LogP contribution in [0.5, 0.6) is 5.75 Å². The van der Waals surface area contributed by atoms with E-state index in [2.05, 4.69) is 15.6 Å². The second-order valence-electron chi connectivity index (χ2n) is 5.01. The average molecular weight is 323 g/mol. The number of anilines is 2. The van der Waals surface area contributed by atoms with Crippen molar-refractivity contribution in [1.29, 1.82) is 0 Å². The smallest absolute Gasteiger partial charge is 0.262 e. The maximum Gasteiger partial charge on any atom is 0.262 e. The van der Waals surface area contributed by atoms with E-state index in [9.17, 15) is 4.79 Å². The van der Waals surface area contributed by atoms with Gasteiger partial charge in [-0.3, -0.25) is 4.79 Å². The molecule has 6 nitrogen and oxygen atoms in total. The molecule has 0 aliphatic rings. The van der Waals surface area contributed by atoms with Crippen LogP contribution >= 0.6 is 0 Å². The first-order valence-corrected chi connectivity index (χ1v) is 7.49. The van der Waals surface area contributed by atoms with Gasteiger partial charge in [0.05, 0.1) is 24.7 Å². The number of hydrogen-bond acceptors (Lipinski definition) is 5. The van der Waals surface area contributed by atoms with Crippen molar-refractivity contribution in [3.63, 3.8) is 0 Å². The quantitative estimate of drug-likeness (QED) is 0.697. The third kappa shape index (κ3) is 4.61. The molecule has 0 fully saturated rings. The molecule has 24 heavy (non-hydrogen) atoms. The highest BCUT2D eigenvalue weighted by Crippen LogP contribution is 2.12. The molecular weight excluding hydrogens is 306 g/mol. The number of nitrogens with one attached hydrogen (secondary N) is 2. The normalized spacial score (nSPS) is 10.2. The summed E-state index contributed by atoms with van der Waals surface area (Å²) in [6.45, 7) is 0.499. The molecule has 2 heterocycles. The molecule has 0 radical (unpaired) electrons. The van der Waals surface area contributed by atoms with E-state index >= 15 is 0 Å². The molecule has 1 aromatic carbocycles. The first kappa shape index (κ1) is 15.6. The third-order valence-corrected chi connectivity index (χ3v) is 3.18. The lowest BCUT2D eigenvalue weighted by atomic mass is 10.3. The molecule has 122 valence electrons. The zero-order chi connectivity index (χ0) is 16.6. The first-order chi connectivity index (χ1) is 11.8. The third-order valence-electron chi connectivity index (χ3n) is 3.18. The molecule has 0 spiro atoms. The molecule has 2 aromatic heterocycles. The van der Waals surface area contributed by atoms with Crippen molar-refractivity contribution in [2.75, 3.05) is 17.2 Å². The van der Waals surface area contributed by atoms with Crippen LogP contribution < -0.4 is 15.4 Å². The van der Waals surface area contributed by atoms with Crippen molar-refractivity contribution in [3.8, 4) is 5.75 Å². The summed E-state index contributed by atoms with van der Waals surface area (Å²) < 4.78 is 10.6. The predicted molar refractivity (Wildman–Crippen MR) is 90.8 cm³/mol. The molecule has 0 unspecified atom stereocenters. The lowest BCUT2D eigenvalue weighted by molar-refractivity contribution is -0.118. The van der Waals surface area contributed by atoms with Gasteiger partial charge in [0.15, 0.2) is 6.61 Å². The zero-order valence-electron chi connectivity index (χ0n) is 12.9. The lowest BCUT2D eigenvalue weighted by Crippen LogP contribution is -2.20. The molecule has 0 atom stereocenters. The minimum atomic E-state index is -0.239. The van der Waals surface area contributed by atoms with E-state index in [-0.39, 0.29) is 12.5 Å². The summed E-state index contributed by atoms with van der Waals surface area (Å²) in [6, 6.07) is 16.5. The van der Waals surface area contributed by atoms with E-state index < -0.39 is 0 Å². The van der Waals surface area contributed by atoms with Crippen LogP contribution in [-0.4, -0.2) is 17.5 Å². The molecule has 3 rings (SSSR count). The van der Waals surface area contributed by atoms with Gasteiger partial charge in [-0.05, 0) is 36.4 Å². The van der Waals surface area contributed by atoms with Crippen molar-refractivity contribution in [2.45, 2.75) is 6.54 Å². The van der Waals surface area contributed by atoms with Crippen molar-refractivity contribution in [2.24, 2.45) is 0 Å². The number of para-hydroxylation sites is 1. The van der Waals surface area contributed by atoms with Gasteiger partial charge in [0.1, 0.15) is 17.3 Å². The summed E-state index contributed by atoms with van der Waals surface area (Å²) in [7, 11) is 0. The SMILES string of the molecule is O=C(COc1ccccc1)Nc1ccc(NCc2ccco2)nc1. The van der Waals surface area contributed by atoms with Crippen LogP contribution in [0, 0.1) is 0 Å². The van der Waals surface area contributed by atoms with Crippen LogP contribution in [0.25, 0.3) is 0 Å². The van der Waals surface area contributed by atoms with Gasteiger partial charge >= 0.3 is 0 Å². The van der Waals surface area contributed by atoms with Gasteiger partial charge in [-0.2, -0.15) is 0 Å². The average Bonchev–Trinajstić information content (AvgIpc) is 3.14. The largest absolute Gasteiger partial charge is 0.484 e. The van der Waals surface area contributed by atoms with Crippen LogP contribution in [0.3, 0.4) is 0 Å². The number of aromatic nitrogens is 1. The van der Waals surface area contributed by atoms with Crippen molar-refractivity contribution >= 4 is 17.4 Å². The number of rotatable bonds is 7. The minimum absolute atomic E-state index is 0.0531. The summed E-state index contributed by atoms with van der Waals surface area (Å²) in [4.78, 5) is 16.1. The van der Waals surface area contributed by atoms with Crippen LogP contribution in [0.4, 0.5) is 11.5 Å². The van der Waals surface area contributed by atoms with E-state index in [1.165, 1.54) is 0 Å². The summed E-state index contributed by atoms with van der Waals surface area (Å²) in [5.41, 5.74) is 0.611. The molecule has 0 saturated carbocycles. The Labute approximate surface area is 139 Å². The Morgan fingerprint density at radius 3 is 2.67 bits per heavy atom. The number of carbonyl (C=O) groups excluding carboxylic acids is 1. The second-order valence-corrected chi connectivity index (χ2v) is 5.01. The molecule has 0 saturated heterocycles. The molecule has 0 aliphatic carbocycles. The van der Waals surface area contributed by atoms with Crippen LogP contribution in [0.2, 0.25) is 0 Å². The van der Waals surface area contributed by atoms with Gasteiger partial charge < -0.3 is 19.8 Å². The maximum absolute atomic E-state index is 11.9. The van der Waals surface area contributed by atoms with E-state index in [4.69, 9.17) is 9.15 Å². The summed E-state index contributed by atoms with van der Waals surface area (Å²) >= 11 is 0. The fraction of sp³-hybridized carbons (Fsp3) is 0.111. The summed E-state index contributed by atoms with van der Waals surface area (Å²) in [5.74, 6) is 1.94. The molecule has 3 aromatic rings. The van der Waals surface area contributed by atoms with Gasteiger partial charge in [0.25, 0.3) is 5.91 Å². The van der Waals surface area contributed by atoms with E-state index in [0.29, 0.717) is 23.8 Å². The zero-order valence-corrected chi connectivity index (χ0v) is 12.9. The first-order valence-electron chi connectivity index (χ1n) is 7.49. The molecule has 2 N–H and O–H groups in total. The molecule has 1 amide bonds. The maximum atomic E-state index is 11.9. The second kappa shape index (κ2) is 7.82. The predicted octanol–water partition coefficient (Wildman–Crippen LogP) is 3.30. The highest BCUT2D eigenvalue weighted by molar-refractivity contribution is 5.91. The highest BCUT2D eigenvalue weighted by atomic mass is 16.5. The number of carbonyl (C=O) groups is 1. The topological polar surface area (TPSA) is 76.4 Å². The molecule has 6 heteroatoms. The highest BCUT2D eigenvalue weighted by Gasteiger charge is 2.04. The number of amides is 1. The van der Waals surface area contributed by atoms with E-state index in [1.54, 1.807) is 36.7 Å². The van der Waals surface area contributed by atoms with E-state index in [0.717, 1.165) is 5.76 Å². The van der Waals surface area contributed by atoms with Gasteiger partial charge in [0.2, 0.25) is 0 Å². The minimum Gasteiger partial charge on any atom is -0.484 e. The van der Waals surface area contributed by atoms with Crippen LogP contribution in [0.1, 0.15) is 5.76 Å². The van der Waals surface area contributed by atoms with Crippen molar-refractivity contribution in [3.05, 3.63) is 72.8 Å². The van der Waals surface area contributed by atoms with Gasteiger partial charge in [-0.15, -0.1) is 0 Å². The molecular formula is C18H17N3O3. The Bertz CT molecular complexity index is 756. The Balaban J connectivity index is 1.45. The van der Waals surface area contributed by atoms with Crippen molar-refractivity contribution < 1.29 is 13.9 Å². The van der Waals surface area contributed by atoms with Gasteiger partial charge in [-0.1, -0.05) is 18.2 Å². The standard InChI is InChI=1S/C18H17N3O3/c22-18(13-24-15-5-2-1-3-6-15)21-14-8-9-17(19-11-14)20-12-16-7-4-10-23-16/h1-11H,12-13H2,(H,19,20)(H,21,22). The van der Waals surface area contributed by atoms with Gasteiger partial charge in [-0.25, -0.2) is 4.98 Å². The fourth-order valence-electron chi connectivity index (χ4n) is 2.03. The summed E-state index contributed by atoms with van der Waals surface area (Å²) in [5, 5.41) is 5.87. The molecule has 0 bridgehead atoms.